The number of carbonyl (C=O) groups excluding carboxylic acids is 1. The lowest BCUT2D eigenvalue weighted by atomic mass is 9.81. The number of thiophene rings is 1. The van der Waals surface area contributed by atoms with E-state index < -0.39 is 5.97 Å². The molecule has 1 aromatic heterocycles. The van der Waals surface area contributed by atoms with Crippen molar-refractivity contribution in [3.05, 3.63) is 27.7 Å². The maximum absolute atomic E-state index is 13.9. The van der Waals surface area contributed by atoms with Crippen molar-refractivity contribution in [3.8, 4) is 0 Å². The van der Waals surface area contributed by atoms with Gasteiger partial charge in [-0.15, -0.1) is 11.3 Å². The van der Waals surface area contributed by atoms with Crippen LogP contribution in [0.25, 0.3) is 0 Å². The normalized spacial score (nSPS) is 30.5. The minimum absolute atomic E-state index is 0.0548. The van der Waals surface area contributed by atoms with Crippen LogP contribution >= 0.6 is 11.3 Å². The second-order valence-corrected chi connectivity index (χ2v) is 11.2. The van der Waals surface area contributed by atoms with Crippen LogP contribution in [0.4, 0.5) is 10.1 Å². The molecule has 182 valence electrons. The number of aromatic carboxylic acids is 1. The Morgan fingerprint density at radius 3 is 2.55 bits per heavy atom. The van der Waals surface area contributed by atoms with Gasteiger partial charge in [-0.3, -0.25) is 4.79 Å². The van der Waals surface area contributed by atoms with E-state index in [2.05, 4.69) is 6.92 Å². The Kier molecular flexibility index (Phi) is 7.90. The zero-order valence-corrected chi connectivity index (χ0v) is 20.5. The van der Waals surface area contributed by atoms with E-state index in [4.69, 9.17) is 4.74 Å². The van der Waals surface area contributed by atoms with Crippen molar-refractivity contribution in [1.82, 2.24) is 0 Å². The molecule has 2 fully saturated rings. The SMILES string of the molecule is COC1CCCC(N(C(=O)C2CCC(C)CC2)c2cc(C3CC=C(F)CC3)sc2C(=O)O)C1. The molecular weight excluding hydrogens is 441 g/mol. The summed E-state index contributed by atoms with van der Waals surface area (Å²) >= 11 is 1.26. The van der Waals surface area contributed by atoms with Crippen LogP contribution in [-0.2, 0) is 9.53 Å². The van der Waals surface area contributed by atoms with Gasteiger partial charge in [-0.1, -0.05) is 13.0 Å². The van der Waals surface area contributed by atoms with Crippen LogP contribution in [0.1, 0.15) is 98.0 Å². The van der Waals surface area contributed by atoms with Crippen LogP contribution in [0.2, 0.25) is 0 Å². The quantitative estimate of drug-likeness (QED) is 0.496. The van der Waals surface area contributed by atoms with Gasteiger partial charge < -0.3 is 14.7 Å². The standard InChI is InChI=1S/C26H36FNO4S/c1-16-6-8-18(9-7-16)25(29)28(20-4-3-5-21(14-20)32-2)22-15-23(33-24(22)26(30)31)17-10-12-19(27)13-11-17/h12,15-18,20-21H,3-11,13-14H2,1-2H3,(H,30,31). The van der Waals surface area contributed by atoms with E-state index in [0.717, 1.165) is 56.2 Å². The van der Waals surface area contributed by atoms with Crippen molar-refractivity contribution in [2.75, 3.05) is 12.0 Å². The van der Waals surface area contributed by atoms with Crippen LogP contribution in [0.5, 0.6) is 0 Å². The summed E-state index contributed by atoms with van der Waals surface area (Å²) in [4.78, 5) is 29.3. The highest BCUT2D eigenvalue weighted by Crippen LogP contribution is 2.43. The van der Waals surface area contributed by atoms with Crippen molar-refractivity contribution >= 4 is 28.9 Å². The fourth-order valence-electron chi connectivity index (χ4n) is 5.76. The molecule has 2 saturated carbocycles. The third-order valence-electron chi connectivity index (χ3n) is 7.84. The molecule has 1 N–H and O–H groups in total. The predicted molar refractivity (Wildman–Crippen MR) is 129 cm³/mol. The number of nitrogens with zero attached hydrogens (tertiary/aromatic N) is 1. The summed E-state index contributed by atoms with van der Waals surface area (Å²) < 4.78 is 19.2. The maximum atomic E-state index is 13.9. The maximum Gasteiger partial charge on any atom is 0.348 e. The predicted octanol–water partition coefficient (Wildman–Crippen LogP) is 6.68. The number of anilines is 1. The first-order chi connectivity index (χ1) is 15.9. The summed E-state index contributed by atoms with van der Waals surface area (Å²) in [5, 5.41) is 10.1. The second kappa shape index (κ2) is 10.7. The second-order valence-electron chi connectivity index (χ2n) is 10.1. The van der Waals surface area contributed by atoms with Crippen LogP contribution in [-0.4, -0.2) is 36.2 Å². The molecule has 3 atom stereocenters. The molecule has 0 aliphatic heterocycles. The van der Waals surface area contributed by atoms with E-state index in [9.17, 15) is 19.1 Å². The van der Waals surface area contributed by atoms with E-state index in [0.29, 0.717) is 30.9 Å². The Labute approximate surface area is 200 Å². The number of carboxylic acids is 1. The number of methoxy groups -OCH3 is 1. The van der Waals surface area contributed by atoms with Gasteiger partial charge in [0.2, 0.25) is 5.91 Å². The molecule has 0 bridgehead atoms. The molecule has 7 heteroatoms. The molecule has 0 radical (unpaired) electrons. The minimum Gasteiger partial charge on any atom is -0.477 e. The van der Waals surface area contributed by atoms with Crippen LogP contribution in [0.3, 0.4) is 0 Å². The summed E-state index contributed by atoms with van der Waals surface area (Å²) in [6, 6.07) is 1.87. The van der Waals surface area contributed by atoms with Crippen molar-refractivity contribution < 1.29 is 23.8 Å². The van der Waals surface area contributed by atoms with E-state index in [-0.39, 0.29) is 40.6 Å². The molecular formula is C26H36FNO4S. The molecule has 5 nitrogen and oxygen atoms in total. The molecule has 0 spiro atoms. The lowest BCUT2D eigenvalue weighted by Gasteiger charge is -2.39. The van der Waals surface area contributed by atoms with Crippen molar-refractivity contribution in [2.45, 2.75) is 95.6 Å². The number of hydrogen-bond acceptors (Lipinski definition) is 4. The van der Waals surface area contributed by atoms with E-state index in [1.165, 1.54) is 11.3 Å². The number of ether oxygens (including phenoxy) is 1. The topological polar surface area (TPSA) is 66.8 Å². The third-order valence-corrected chi connectivity index (χ3v) is 9.12. The minimum atomic E-state index is -0.993. The number of carboxylic acid groups (broad SMARTS) is 1. The first-order valence-electron chi connectivity index (χ1n) is 12.4. The summed E-state index contributed by atoms with van der Waals surface area (Å²) in [6.07, 6.45) is 10.7. The largest absolute Gasteiger partial charge is 0.477 e. The van der Waals surface area contributed by atoms with E-state index in [1.807, 2.05) is 11.0 Å². The van der Waals surface area contributed by atoms with E-state index in [1.54, 1.807) is 13.2 Å². The van der Waals surface area contributed by atoms with Gasteiger partial charge in [0.1, 0.15) is 4.88 Å². The van der Waals surface area contributed by atoms with Gasteiger partial charge >= 0.3 is 5.97 Å². The van der Waals surface area contributed by atoms with Gasteiger partial charge in [-0.05, 0) is 88.5 Å². The summed E-state index contributed by atoms with van der Waals surface area (Å²) in [7, 11) is 1.71. The van der Waals surface area contributed by atoms with Crippen LogP contribution < -0.4 is 4.90 Å². The Morgan fingerprint density at radius 2 is 1.91 bits per heavy atom. The van der Waals surface area contributed by atoms with Crippen LogP contribution in [0.15, 0.2) is 18.0 Å². The lowest BCUT2D eigenvalue weighted by molar-refractivity contribution is -0.124. The van der Waals surface area contributed by atoms with Gasteiger partial charge in [0.25, 0.3) is 0 Å². The number of amides is 1. The number of halogens is 1. The van der Waals surface area contributed by atoms with Gasteiger partial charge in [0.15, 0.2) is 0 Å². The lowest BCUT2D eigenvalue weighted by Crippen LogP contribution is -2.48. The Morgan fingerprint density at radius 1 is 1.15 bits per heavy atom. The number of hydrogen-bond donors (Lipinski definition) is 1. The highest BCUT2D eigenvalue weighted by atomic mass is 32.1. The Bertz CT molecular complexity index is 889. The van der Waals surface area contributed by atoms with Gasteiger partial charge in [0.05, 0.1) is 17.6 Å². The molecule has 1 aromatic rings. The first-order valence-corrected chi connectivity index (χ1v) is 13.3. The highest BCUT2D eigenvalue weighted by Gasteiger charge is 2.38. The number of allylic oxidation sites excluding steroid dienone is 2. The van der Waals surface area contributed by atoms with Crippen molar-refractivity contribution in [2.24, 2.45) is 11.8 Å². The number of rotatable bonds is 6. The van der Waals surface area contributed by atoms with Gasteiger partial charge in [-0.25, -0.2) is 9.18 Å². The Hall–Kier alpha value is -1.73. The molecule has 1 amide bonds. The zero-order valence-electron chi connectivity index (χ0n) is 19.7. The van der Waals surface area contributed by atoms with Crippen molar-refractivity contribution in [3.63, 3.8) is 0 Å². The average molecular weight is 478 g/mol. The monoisotopic (exact) mass is 477 g/mol. The fourth-order valence-corrected chi connectivity index (χ4v) is 6.90. The smallest absolute Gasteiger partial charge is 0.348 e. The summed E-state index contributed by atoms with van der Waals surface area (Å²) in [5.74, 6) is -0.319. The average Bonchev–Trinajstić information content (AvgIpc) is 3.25. The molecule has 0 saturated heterocycles. The van der Waals surface area contributed by atoms with E-state index >= 15 is 0 Å². The highest BCUT2D eigenvalue weighted by molar-refractivity contribution is 7.14. The van der Waals surface area contributed by atoms with Crippen molar-refractivity contribution in [1.29, 1.82) is 0 Å². The molecule has 3 unspecified atom stereocenters. The molecule has 4 rings (SSSR count). The summed E-state index contributed by atoms with van der Waals surface area (Å²) in [6.45, 7) is 2.23. The third kappa shape index (κ3) is 5.51. The molecule has 3 aliphatic carbocycles. The fraction of sp³-hybridized carbons (Fsp3) is 0.692. The molecule has 1 heterocycles. The van der Waals surface area contributed by atoms with Crippen LogP contribution in [0, 0.1) is 11.8 Å². The molecule has 0 aromatic carbocycles. The molecule has 3 aliphatic rings. The zero-order chi connectivity index (χ0) is 23.5. The number of carbonyl (C=O) groups is 2. The molecule has 33 heavy (non-hydrogen) atoms. The summed E-state index contributed by atoms with van der Waals surface area (Å²) in [5.41, 5.74) is 0.544. The van der Waals surface area contributed by atoms with Gasteiger partial charge in [-0.2, -0.15) is 0 Å². The van der Waals surface area contributed by atoms with Gasteiger partial charge in [0, 0.05) is 23.9 Å². The first kappa shape index (κ1) is 24.4. The Balaban J connectivity index is 1.69.